The molecule has 2 rings (SSSR count). The zero-order valence-corrected chi connectivity index (χ0v) is 7.60. The van der Waals surface area contributed by atoms with E-state index in [1.54, 1.807) is 0 Å². The Hall–Kier alpha value is -0.910. The Morgan fingerprint density at radius 3 is 2.58 bits per heavy atom. The molecule has 1 aromatic rings. The third kappa shape index (κ3) is 1.63. The van der Waals surface area contributed by atoms with Gasteiger partial charge in [-0.15, -0.1) is 5.73 Å². The van der Waals surface area contributed by atoms with Crippen molar-refractivity contribution in [2.75, 3.05) is 5.75 Å². The fourth-order valence-corrected chi connectivity index (χ4v) is 1.80. The van der Waals surface area contributed by atoms with E-state index in [-0.39, 0.29) is 0 Å². The Balaban J connectivity index is 2.23. The second-order valence-electron chi connectivity index (χ2n) is 2.84. The van der Waals surface area contributed by atoms with Gasteiger partial charge in [0.2, 0.25) is 0 Å². The van der Waals surface area contributed by atoms with E-state index in [1.165, 1.54) is 16.9 Å². The molecule has 0 aromatic heterocycles. The monoisotopic (exact) mass is 174 g/mol. The van der Waals surface area contributed by atoms with Crippen LogP contribution in [0.25, 0.3) is 6.08 Å². The minimum atomic E-state index is 0.770. The van der Waals surface area contributed by atoms with E-state index < -0.39 is 0 Å². The van der Waals surface area contributed by atoms with Crippen LogP contribution in [0.1, 0.15) is 16.4 Å². The maximum absolute atomic E-state index is 3.54. The normalized spacial score (nSPS) is 19.8. The van der Waals surface area contributed by atoms with Crippen LogP contribution in [0.3, 0.4) is 0 Å². The lowest BCUT2D eigenvalue weighted by molar-refractivity contribution is 1.23. The highest BCUT2D eigenvalue weighted by Gasteiger charge is 2.23. The molecule has 1 aromatic carbocycles. The lowest BCUT2D eigenvalue weighted by Crippen LogP contribution is -1.78. The SMILES string of the molecule is C=C=Cc1ccc(C2CS2)cc1. The highest BCUT2D eigenvalue weighted by Crippen LogP contribution is 2.45. The van der Waals surface area contributed by atoms with Crippen molar-refractivity contribution in [3.63, 3.8) is 0 Å². The van der Waals surface area contributed by atoms with Crippen molar-refractivity contribution >= 4 is 17.8 Å². The van der Waals surface area contributed by atoms with Gasteiger partial charge in [0.25, 0.3) is 0 Å². The van der Waals surface area contributed by atoms with Crippen molar-refractivity contribution in [2.24, 2.45) is 0 Å². The van der Waals surface area contributed by atoms with Gasteiger partial charge in [0.1, 0.15) is 0 Å². The van der Waals surface area contributed by atoms with E-state index >= 15 is 0 Å². The highest BCUT2D eigenvalue weighted by atomic mass is 32.2. The van der Waals surface area contributed by atoms with Crippen LogP contribution >= 0.6 is 11.8 Å². The van der Waals surface area contributed by atoms with E-state index in [0.29, 0.717) is 0 Å². The van der Waals surface area contributed by atoms with Gasteiger partial charge in [0.15, 0.2) is 0 Å². The van der Waals surface area contributed by atoms with E-state index in [0.717, 1.165) is 5.25 Å². The van der Waals surface area contributed by atoms with Gasteiger partial charge in [0, 0.05) is 11.0 Å². The summed E-state index contributed by atoms with van der Waals surface area (Å²) >= 11 is 2.00. The van der Waals surface area contributed by atoms with E-state index in [1.807, 2.05) is 17.8 Å². The molecule has 0 saturated carbocycles. The fraction of sp³-hybridized carbons (Fsp3) is 0.182. The second kappa shape index (κ2) is 3.22. The Labute approximate surface area is 77.0 Å². The summed E-state index contributed by atoms with van der Waals surface area (Å²) in [6.07, 6.45) is 1.89. The van der Waals surface area contributed by atoms with Crippen LogP contribution in [0, 0.1) is 0 Å². The quantitative estimate of drug-likeness (QED) is 0.490. The molecule has 1 unspecified atom stereocenters. The summed E-state index contributed by atoms with van der Waals surface area (Å²) < 4.78 is 0. The van der Waals surface area contributed by atoms with Crippen molar-refractivity contribution in [3.05, 3.63) is 47.7 Å². The largest absolute Gasteiger partial charge is 0.151 e. The maximum Gasteiger partial charge on any atom is 0.0388 e. The van der Waals surface area contributed by atoms with Gasteiger partial charge in [-0.25, -0.2) is 0 Å². The number of thioether (sulfide) groups is 1. The maximum atomic E-state index is 3.54. The molecule has 60 valence electrons. The van der Waals surface area contributed by atoms with Gasteiger partial charge in [-0.1, -0.05) is 30.8 Å². The second-order valence-corrected chi connectivity index (χ2v) is 4.07. The first kappa shape index (κ1) is 7.72. The van der Waals surface area contributed by atoms with Gasteiger partial charge in [-0.3, -0.25) is 0 Å². The Morgan fingerprint density at radius 1 is 1.42 bits per heavy atom. The molecule has 0 spiro atoms. The molecule has 0 nitrogen and oxygen atoms in total. The lowest BCUT2D eigenvalue weighted by atomic mass is 10.1. The summed E-state index contributed by atoms with van der Waals surface area (Å²) in [6.45, 7) is 3.54. The smallest absolute Gasteiger partial charge is 0.0388 e. The average molecular weight is 174 g/mol. The average Bonchev–Trinajstić information content (AvgIpc) is 2.89. The van der Waals surface area contributed by atoms with E-state index in [2.05, 4.69) is 36.6 Å². The van der Waals surface area contributed by atoms with Crippen LogP contribution in [0.5, 0.6) is 0 Å². The number of hydrogen-bond donors (Lipinski definition) is 0. The van der Waals surface area contributed by atoms with Crippen molar-refractivity contribution in [1.82, 2.24) is 0 Å². The van der Waals surface area contributed by atoms with Gasteiger partial charge in [-0.2, -0.15) is 11.8 Å². The Kier molecular flexibility index (Phi) is 2.07. The van der Waals surface area contributed by atoms with Crippen LogP contribution in [0.2, 0.25) is 0 Å². The van der Waals surface area contributed by atoms with Crippen LogP contribution in [-0.4, -0.2) is 5.75 Å². The Bertz CT molecular complexity index is 313. The van der Waals surface area contributed by atoms with Gasteiger partial charge in [-0.05, 0) is 17.2 Å². The molecule has 1 atom stereocenters. The number of hydrogen-bond acceptors (Lipinski definition) is 1. The minimum Gasteiger partial charge on any atom is -0.151 e. The van der Waals surface area contributed by atoms with Crippen molar-refractivity contribution < 1.29 is 0 Å². The van der Waals surface area contributed by atoms with Crippen LogP contribution < -0.4 is 0 Å². The first-order valence-electron chi connectivity index (χ1n) is 3.97. The molecule has 1 aliphatic heterocycles. The highest BCUT2D eigenvalue weighted by molar-refractivity contribution is 8.06. The predicted octanol–water partition coefficient (Wildman–Crippen LogP) is 3.27. The summed E-state index contributed by atoms with van der Waals surface area (Å²) in [4.78, 5) is 0. The van der Waals surface area contributed by atoms with Gasteiger partial charge in [0.05, 0.1) is 0 Å². The Morgan fingerprint density at radius 2 is 2.08 bits per heavy atom. The minimum absolute atomic E-state index is 0.770. The standard InChI is InChI=1S/C11H10S/c1-2-3-9-4-6-10(7-5-9)11-8-12-11/h3-7,11H,1,8H2. The van der Waals surface area contributed by atoms with Crippen LogP contribution in [-0.2, 0) is 0 Å². The number of benzene rings is 1. The number of rotatable bonds is 2. The van der Waals surface area contributed by atoms with Gasteiger partial charge >= 0.3 is 0 Å². The summed E-state index contributed by atoms with van der Waals surface area (Å²) in [5, 5.41) is 0.770. The van der Waals surface area contributed by atoms with E-state index in [4.69, 9.17) is 0 Å². The summed E-state index contributed by atoms with van der Waals surface area (Å²) in [5.74, 6) is 1.29. The molecule has 0 radical (unpaired) electrons. The van der Waals surface area contributed by atoms with Crippen molar-refractivity contribution in [2.45, 2.75) is 5.25 Å². The predicted molar refractivity (Wildman–Crippen MR) is 55.2 cm³/mol. The van der Waals surface area contributed by atoms with E-state index in [9.17, 15) is 0 Å². The topological polar surface area (TPSA) is 0 Å². The molecule has 12 heavy (non-hydrogen) atoms. The van der Waals surface area contributed by atoms with Gasteiger partial charge < -0.3 is 0 Å². The third-order valence-electron chi connectivity index (χ3n) is 1.91. The molecule has 1 heterocycles. The first-order chi connectivity index (χ1) is 5.90. The van der Waals surface area contributed by atoms with Crippen molar-refractivity contribution in [1.29, 1.82) is 0 Å². The molecular formula is C11H10S. The molecule has 1 saturated heterocycles. The zero-order valence-electron chi connectivity index (χ0n) is 6.79. The third-order valence-corrected chi connectivity index (χ3v) is 2.85. The summed E-state index contributed by atoms with van der Waals surface area (Å²) in [5.41, 5.74) is 5.39. The molecule has 1 fully saturated rings. The summed E-state index contributed by atoms with van der Waals surface area (Å²) in [6, 6.07) is 8.61. The van der Waals surface area contributed by atoms with Crippen LogP contribution in [0.4, 0.5) is 0 Å². The summed E-state index contributed by atoms with van der Waals surface area (Å²) in [7, 11) is 0. The molecule has 1 aliphatic rings. The molecule has 0 bridgehead atoms. The fourth-order valence-electron chi connectivity index (χ4n) is 1.17. The van der Waals surface area contributed by atoms with Crippen LogP contribution in [0.15, 0.2) is 36.6 Å². The van der Waals surface area contributed by atoms with Crippen molar-refractivity contribution in [3.8, 4) is 0 Å². The lowest BCUT2D eigenvalue weighted by Gasteiger charge is -1.96. The molecule has 0 N–H and O–H groups in total. The molecule has 0 amide bonds. The molecular weight excluding hydrogens is 164 g/mol. The molecule has 0 aliphatic carbocycles. The molecule has 1 heteroatoms. The zero-order chi connectivity index (χ0) is 8.39. The first-order valence-corrected chi connectivity index (χ1v) is 5.02.